The molecule has 148 valence electrons. The van der Waals surface area contributed by atoms with Crippen LogP contribution in [0.25, 0.3) is 11.1 Å². The number of benzene rings is 3. The van der Waals surface area contributed by atoms with E-state index in [9.17, 15) is 9.90 Å². The second-order valence-electron chi connectivity index (χ2n) is 7.09. The molecule has 0 radical (unpaired) electrons. The summed E-state index contributed by atoms with van der Waals surface area (Å²) >= 11 is 3.41. The molecule has 0 saturated heterocycles. The van der Waals surface area contributed by atoms with Crippen molar-refractivity contribution in [2.24, 2.45) is 0 Å². The molecule has 0 unspecified atom stereocenters. The molecule has 0 aliphatic heterocycles. The van der Waals surface area contributed by atoms with E-state index in [-0.39, 0.29) is 24.4 Å². The monoisotopic (exact) mass is 451 g/mol. The van der Waals surface area contributed by atoms with Crippen LogP contribution < -0.4 is 0 Å². The topological polar surface area (TPSA) is 49.8 Å². The summed E-state index contributed by atoms with van der Waals surface area (Å²) in [7, 11) is 0. The summed E-state index contributed by atoms with van der Waals surface area (Å²) in [4.78, 5) is 14.4. The highest BCUT2D eigenvalue weighted by Gasteiger charge is 2.29. The summed E-state index contributed by atoms with van der Waals surface area (Å²) in [6, 6.07) is 21.7. The van der Waals surface area contributed by atoms with Crippen molar-refractivity contribution in [1.82, 2.24) is 4.90 Å². The minimum absolute atomic E-state index is 0.0318. The van der Waals surface area contributed by atoms with E-state index in [1.165, 1.54) is 22.3 Å². The number of rotatable bonds is 5. The van der Waals surface area contributed by atoms with E-state index in [2.05, 4.69) is 40.2 Å². The summed E-state index contributed by atoms with van der Waals surface area (Å²) in [6.45, 7) is 2.96. The largest absolute Gasteiger partial charge is 0.508 e. The van der Waals surface area contributed by atoms with Gasteiger partial charge in [0.25, 0.3) is 0 Å². The fourth-order valence-electron chi connectivity index (χ4n) is 3.88. The Labute approximate surface area is 178 Å². The van der Waals surface area contributed by atoms with Crippen molar-refractivity contribution in [2.45, 2.75) is 19.4 Å². The lowest BCUT2D eigenvalue weighted by atomic mass is 9.98. The fraction of sp³-hybridized carbons (Fsp3) is 0.208. The van der Waals surface area contributed by atoms with Crippen molar-refractivity contribution in [3.63, 3.8) is 0 Å². The van der Waals surface area contributed by atoms with Gasteiger partial charge in [-0.15, -0.1) is 0 Å². The average Bonchev–Trinajstić information content (AvgIpc) is 3.06. The Morgan fingerprint density at radius 2 is 1.66 bits per heavy atom. The van der Waals surface area contributed by atoms with Gasteiger partial charge in [-0.05, 0) is 47.4 Å². The van der Waals surface area contributed by atoms with E-state index >= 15 is 0 Å². The molecule has 4 nitrogen and oxygen atoms in total. The Bertz CT molecular complexity index is 1000. The third-order valence-electron chi connectivity index (χ3n) is 5.38. The molecule has 0 aromatic heterocycles. The molecule has 1 aliphatic carbocycles. The highest BCUT2D eigenvalue weighted by molar-refractivity contribution is 9.10. The van der Waals surface area contributed by atoms with Gasteiger partial charge < -0.3 is 14.7 Å². The summed E-state index contributed by atoms with van der Waals surface area (Å²) in [5.74, 6) is 0.197. The number of nitrogens with zero attached hydrogens (tertiary/aromatic N) is 1. The van der Waals surface area contributed by atoms with Gasteiger partial charge in [0.2, 0.25) is 0 Å². The number of halogens is 1. The quantitative estimate of drug-likeness (QED) is 0.523. The standard InChI is InChI=1S/C24H22BrNO3/c1-2-26(14-16-13-17(25)11-12-23(16)27)24(28)29-15-22-20-9-5-3-7-18(20)19-8-4-6-10-21(19)22/h3-13,22,27H,2,14-15H2,1H3. The molecular weight excluding hydrogens is 430 g/mol. The maximum absolute atomic E-state index is 12.8. The molecule has 5 heteroatoms. The third kappa shape index (κ3) is 3.87. The Hall–Kier alpha value is -2.79. The molecule has 4 rings (SSSR count). The fourth-order valence-corrected chi connectivity index (χ4v) is 4.29. The van der Waals surface area contributed by atoms with Crippen LogP contribution in [0.2, 0.25) is 0 Å². The number of carbonyl (C=O) groups is 1. The maximum atomic E-state index is 12.8. The lowest BCUT2D eigenvalue weighted by molar-refractivity contribution is 0.0989. The normalized spacial score (nSPS) is 12.3. The van der Waals surface area contributed by atoms with E-state index in [0.29, 0.717) is 18.7 Å². The smallest absolute Gasteiger partial charge is 0.410 e. The van der Waals surface area contributed by atoms with Gasteiger partial charge in [-0.1, -0.05) is 64.5 Å². The average molecular weight is 452 g/mol. The Balaban J connectivity index is 1.49. The van der Waals surface area contributed by atoms with Gasteiger partial charge in [0.05, 0.1) is 6.54 Å². The van der Waals surface area contributed by atoms with Crippen molar-refractivity contribution in [2.75, 3.05) is 13.2 Å². The van der Waals surface area contributed by atoms with Crippen LogP contribution >= 0.6 is 15.9 Å². The summed E-state index contributed by atoms with van der Waals surface area (Å²) in [5, 5.41) is 10.1. The number of phenols is 1. The number of ether oxygens (including phenoxy) is 1. The molecule has 1 aliphatic rings. The molecule has 29 heavy (non-hydrogen) atoms. The van der Waals surface area contributed by atoms with Crippen molar-refractivity contribution < 1.29 is 14.6 Å². The number of fused-ring (bicyclic) bond motifs is 3. The van der Waals surface area contributed by atoms with Crippen LogP contribution in [0.15, 0.2) is 71.2 Å². The third-order valence-corrected chi connectivity index (χ3v) is 5.87. The first-order valence-corrected chi connectivity index (χ1v) is 10.4. The zero-order valence-corrected chi connectivity index (χ0v) is 17.7. The molecule has 0 spiro atoms. The van der Waals surface area contributed by atoms with Crippen LogP contribution in [0.1, 0.15) is 29.5 Å². The molecule has 0 atom stereocenters. The Kier molecular flexibility index (Phi) is 5.58. The van der Waals surface area contributed by atoms with E-state index in [1.807, 2.05) is 37.3 Å². The molecule has 0 bridgehead atoms. The van der Waals surface area contributed by atoms with Crippen molar-refractivity contribution in [1.29, 1.82) is 0 Å². The van der Waals surface area contributed by atoms with Crippen molar-refractivity contribution in [3.05, 3.63) is 87.9 Å². The van der Waals surface area contributed by atoms with E-state index in [0.717, 1.165) is 4.47 Å². The van der Waals surface area contributed by atoms with E-state index < -0.39 is 0 Å². The van der Waals surface area contributed by atoms with Crippen LogP contribution in [0.5, 0.6) is 5.75 Å². The van der Waals surface area contributed by atoms with Gasteiger partial charge in [0, 0.05) is 22.5 Å². The van der Waals surface area contributed by atoms with Crippen LogP contribution in [-0.2, 0) is 11.3 Å². The van der Waals surface area contributed by atoms with Gasteiger partial charge in [-0.25, -0.2) is 4.79 Å². The molecule has 1 N–H and O–H groups in total. The number of hydrogen-bond acceptors (Lipinski definition) is 3. The lowest BCUT2D eigenvalue weighted by Gasteiger charge is -2.22. The first kappa shape index (κ1) is 19.5. The Morgan fingerprint density at radius 3 is 2.28 bits per heavy atom. The molecule has 0 heterocycles. The number of carbonyl (C=O) groups excluding carboxylic acids is 1. The predicted molar refractivity (Wildman–Crippen MR) is 117 cm³/mol. The predicted octanol–water partition coefficient (Wildman–Crippen LogP) is 5.93. The Morgan fingerprint density at radius 1 is 1.03 bits per heavy atom. The number of amides is 1. The zero-order valence-electron chi connectivity index (χ0n) is 16.1. The number of phenolic OH excluding ortho intramolecular Hbond substituents is 1. The van der Waals surface area contributed by atoms with Crippen LogP contribution in [-0.4, -0.2) is 29.3 Å². The molecule has 0 fully saturated rings. The van der Waals surface area contributed by atoms with Crippen molar-refractivity contribution >= 4 is 22.0 Å². The zero-order chi connectivity index (χ0) is 20.4. The molecule has 3 aromatic rings. The number of hydrogen-bond donors (Lipinski definition) is 1. The molecule has 3 aromatic carbocycles. The second kappa shape index (κ2) is 8.29. The van der Waals surface area contributed by atoms with E-state index in [4.69, 9.17) is 4.74 Å². The van der Waals surface area contributed by atoms with Crippen molar-refractivity contribution in [3.8, 4) is 16.9 Å². The summed E-state index contributed by atoms with van der Waals surface area (Å²) in [5.41, 5.74) is 5.46. The second-order valence-corrected chi connectivity index (χ2v) is 8.01. The van der Waals surface area contributed by atoms with Gasteiger partial charge in [0.15, 0.2) is 0 Å². The highest BCUT2D eigenvalue weighted by atomic mass is 79.9. The summed E-state index contributed by atoms with van der Waals surface area (Å²) < 4.78 is 6.58. The minimum atomic E-state index is -0.381. The maximum Gasteiger partial charge on any atom is 0.410 e. The summed E-state index contributed by atoms with van der Waals surface area (Å²) in [6.07, 6.45) is -0.381. The highest BCUT2D eigenvalue weighted by Crippen LogP contribution is 2.44. The van der Waals surface area contributed by atoms with Crippen LogP contribution in [0, 0.1) is 0 Å². The first-order chi connectivity index (χ1) is 14.1. The SMILES string of the molecule is CCN(Cc1cc(Br)ccc1O)C(=O)OCC1c2ccccc2-c2ccccc21. The van der Waals surface area contributed by atoms with Gasteiger partial charge in [-0.3, -0.25) is 0 Å². The molecule has 1 amide bonds. The van der Waals surface area contributed by atoms with Gasteiger partial charge in [-0.2, -0.15) is 0 Å². The first-order valence-electron chi connectivity index (χ1n) is 9.65. The van der Waals surface area contributed by atoms with Gasteiger partial charge >= 0.3 is 6.09 Å². The lowest BCUT2D eigenvalue weighted by Crippen LogP contribution is -2.32. The number of aromatic hydroxyl groups is 1. The van der Waals surface area contributed by atoms with E-state index in [1.54, 1.807) is 17.0 Å². The van der Waals surface area contributed by atoms with Crippen LogP contribution in [0.3, 0.4) is 0 Å². The van der Waals surface area contributed by atoms with Crippen LogP contribution in [0.4, 0.5) is 4.79 Å². The minimum Gasteiger partial charge on any atom is -0.508 e. The molecule has 0 saturated carbocycles. The molecular formula is C24H22BrNO3. The van der Waals surface area contributed by atoms with Gasteiger partial charge in [0.1, 0.15) is 12.4 Å².